The molecule has 0 heterocycles. The molecule has 1 rings (SSSR count). The van der Waals surface area contributed by atoms with Crippen LogP contribution in [0.5, 0.6) is 5.75 Å². The average molecular weight is 292 g/mol. The van der Waals surface area contributed by atoms with Crippen LogP contribution < -0.4 is 15.4 Å². The summed E-state index contributed by atoms with van der Waals surface area (Å²) in [5, 5.41) is 5.28. The minimum absolute atomic E-state index is 0.0272. The molecule has 0 atom stereocenters. The molecule has 0 aliphatic heterocycles. The first-order chi connectivity index (χ1) is 9.90. The van der Waals surface area contributed by atoms with Crippen molar-refractivity contribution < 1.29 is 14.3 Å². The first-order valence-electron chi connectivity index (χ1n) is 7.14. The minimum atomic E-state index is -0.203. The maximum atomic E-state index is 11.6. The number of carbonyl (C=O) groups is 2. The Morgan fingerprint density at radius 1 is 1.19 bits per heavy atom. The summed E-state index contributed by atoms with van der Waals surface area (Å²) in [7, 11) is 0. The van der Waals surface area contributed by atoms with Gasteiger partial charge in [-0.2, -0.15) is 0 Å². The van der Waals surface area contributed by atoms with E-state index in [9.17, 15) is 9.59 Å². The van der Waals surface area contributed by atoms with Gasteiger partial charge in [0.15, 0.2) is 6.61 Å². The predicted octanol–water partition coefficient (Wildman–Crippen LogP) is 1.75. The van der Waals surface area contributed by atoms with Crippen LogP contribution in [0.25, 0.3) is 0 Å². The highest BCUT2D eigenvalue weighted by Crippen LogP contribution is 2.23. The summed E-state index contributed by atoms with van der Waals surface area (Å²) in [5.74, 6) is 0.845. The number of carbonyl (C=O) groups excluding carboxylic acids is 2. The number of amides is 2. The van der Waals surface area contributed by atoms with Gasteiger partial charge in [-0.1, -0.05) is 19.9 Å². The zero-order valence-electron chi connectivity index (χ0n) is 13.2. The lowest BCUT2D eigenvalue weighted by Gasteiger charge is -2.12. The van der Waals surface area contributed by atoms with E-state index >= 15 is 0 Å². The van der Waals surface area contributed by atoms with E-state index in [4.69, 9.17) is 4.74 Å². The van der Waals surface area contributed by atoms with E-state index in [2.05, 4.69) is 24.5 Å². The molecule has 21 heavy (non-hydrogen) atoms. The van der Waals surface area contributed by atoms with Gasteiger partial charge in [0.25, 0.3) is 5.91 Å². The molecule has 0 spiro atoms. The van der Waals surface area contributed by atoms with Gasteiger partial charge in [0.2, 0.25) is 5.91 Å². The zero-order valence-corrected chi connectivity index (χ0v) is 13.2. The van der Waals surface area contributed by atoms with Gasteiger partial charge in [-0.25, -0.2) is 0 Å². The van der Waals surface area contributed by atoms with Crippen LogP contribution in [0.2, 0.25) is 0 Å². The number of hydrogen-bond acceptors (Lipinski definition) is 3. The third-order valence-electron chi connectivity index (χ3n) is 3.05. The Bertz CT molecular complexity index is 498. The summed E-state index contributed by atoms with van der Waals surface area (Å²) in [6.45, 7) is 8.55. The van der Waals surface area contributed by atoms with Crippen LogP contribution in [0.1, 0.15) is 37.8 Å². The molecule has 0 fully saturated rings. The van der Waals surface area contributed by atoms with Crippen LogP contribution in [0.15, 0.2) is 18.2 Å². The number of hydrogen-bond donors (Lipinski definition) is 2. The Kier molecular flexibility index (Phi) is 6.72. The van der Waals surface area contributed by atoms with E-state index in [0.29, 0.717) is 24.8 Å². The summed E-state index contributed by atoms with van der Waals surface area (Å²) in [4.78, 5) is 22.2. The SMILES string of the molecule is CC(=O)NCCNC(=O)COc1ccc(C(C)C)c(C)c1. The average Bonchev–Trinajstić information content (AvgIpc) is 2.40. The fourth-order valence-corrected chi connectivity index (χ4v) is 2.03. The first-order valence-corrected chi connectivity index (χ1v) is 7.14. The molecule has 0 aromatic heterocycles. The van der Waals surface area contributed by atoms with Gasteiger partial charge in [-0.15, -0.1) is 0 Å². The second kappa shape index (κ2) is 8.29. The zero-order chi connectivity index (χ0) is 15.8. The van der Waals surface area contributed by atoms with Crippen molar-refractivity contribution in [1.82, 2.24) is 10.6 Å². The highest BCUT2D eigenvalue weighted by molar-refractivity contribution is 5.77. The van der Waals surface area contributed by atoms with E-state index in [1.54, 1.807) is 0 Å². The number of aryl methyl sites for hydroxylation is 1. The maximum absolute atomic E-state index is 11.6. The normalized spacial score (nSPS) is 10.3. The molecule has 0 unspecified atom stereocenters. The Balaban J connectivity index is 2.36. The molecule has 1 aromatic carbocycles. The van der Waals surface area contributed by atoms with Gasteiger partial charge in [0, 0.05) is 20.0 Å². The van der Waals surface area contributed by atoms with E-state index < -0.39 is 0 Å². The monoisotopic (exact) mass is 292 g/mol. The van der Waals surface area contributed by atoms with Gasteiger partial charge < -0.3 is 15.4 Å². The van der Waals surface area contributed by atoms with Crippen molar-refractivity contribution in [3.05, 3.63) is 29.3 Å². The second-order valence-corrected chi connectivity index (χ2v) is 5.29. The van der Waals surface area contributed by atoms with Gasteiger partial charge in [0.1, 0.15) is 5.75 Å². The van der Waals surface area contributed by atoms with Crippen molar-refractivity contribution >= 4 is 11.8 Å². The quantitative estimate of drug-likeness (QED) is 0.752. The molecular weight excluding hydrogens is 268 g/mol. The lowest BCUT2D eigenvalue weighted by atomic mass is 9.98. The Morgan fingerprint density at radius 3 is 2.43 bits per heavy atom. The third-order valence-corrected chi connectivity index (χ3v) is 3.05. The highest BCUT2D eigenvalue weighted by Gasteiger charge is 2.06. The van der Waals surface area contributed by atoms with Crippen molar-refractivity contribution in [2.75, 3.05) is 19.7 Å². The molecule has 1 aromatic rings. The number of nitrogens with one attached hydrogen (secondary N) is 2. The van der Waals surface area contributed by atoms with E-state index in [1.807, 2.05) is 25.1 Å². The summed E-state index contributed by atoms with van der Waals surface area (Å²) in [5.41, 5.74) is 2.44. The molecule has 5 heteroatoms. The largest absolute Gasteiger partial charge is 0.484 e. The number of rotatable bonds is 7. The van der Waals surface area contributed by atoms with E-state index in [-0.39, 0.29) is 18.4 Å². The highest BCUT2D eigenvalue weighted by atomic mass is 16.5. The smallest absolute Gasteiger partial charge is 0.258 e. The molecular formula is C16H24N2O3. The molecule has 116 valence electrons. The van der Waals surface area contributed by atoms with Gasteiger partial charge >= 0.3 is 0 Å². The Labute approximate surface area is 126 Å². The van der Waals surface area contributed by atoms with Crippen LogP contribution in [-0.2, 0) is 9.59 Å². The molecule has 0 aliphatic carbocycles. The van der Waals surface area contributed by atoms with Crippen molar-refractivity contribution in [2.45, 2.75) is 33.6 Å². The Hall–Kier alpha value is -2.04. The standard InChI is InChI=1S/C16H24N2O3/c1-11(2)15-6-5-14(9-12(15)3)21-10-16(20)18-8-7-17-13(4)19/h5-6,9,11H,7-8,10H2,1-4H3,(H,17,19)(H,18,20). The topological polar surface area (TPSA) is 67.4 Å². The minimum Gasteiger partial charge on any atom is -0.484 e. The van der Waals surface area contributed by atoms with Gasteiger partial charge in [-0.05, 0) is 36.1 Å². The first kappa shape index (κ1) is 17.0. The lowest BCUT2D eigenvalue weighted by Crippen LogP contribution is -2.36. The second-order valence-electron chi connectivity index (χ2n) is 5.29. The number of benzene rings is 1. The molecule has 0 aliphatic rings. The molecule has 0 saturated carbocycles. The Morgan fingerprint density at radius 2 is 1.86 bits per heavy atom. The van der Waals surface area contributed by atoms with Crippen LogP contribution in [-0.4, -0.2) is 31.5 Å². The summed E-state index contributed by atoms with van der Waals surface area (Å²) in [6.07, 6.45) is 0. The van der Waals surface area contributed by atoms with E-state index in [0.717, 1.165) is 5.56 Å². The van der Waals surface area contributed by atoms with Crippen molar-refractivity contribution in [3.8, 4) is 5.75 Å². The molecule has 0 saturated heterocycles. The molecule has 2 amide bonds. The van der Waals surface area contributed by atoms with Gasteiger partial charge in [0.05, 0.1) is 0 Å². The van der Waals surface area contributed by atoms with Crippen LogP contribution in [0, 0.1) is 6.92 Å². The maximum Gasteiger partial charge on any atom is 0.258 e. The summed E-state index contributed by atoms with van der Waals surface area (Å²) < 4.78 is 5.46. The molecule has 0 radical (unpaired) electrons. The van der Waals surface area contributed by atoms with Crippen LogP contribution in [0.4, 0.5) is 0 Å². The fourth-order valence-electron chi connectivity index (χ4n) is 2.03. The lowest BCUT2D eigenvalue weighted by molar-refractivity contribution is -0.123. The molecule has 5 nitrogen and oxygen atoms in total. The number of ether oxygens (including phenoxy) is 1. The van der Waals surface area contributed by atoms with Crippen LogP contribution >= 0.6 is 0 Å². The summed E-state index contributed by atoms with van der Waals surface area (Å²) >= 11 is 0. The van der Waals surface area contributed by atoms with Crippen LogP contribution in [0.3, 0.4) is 0 Å². The van der Waals surface area contributed by atoms with Crippen molar-refractivity contribution in [2.24, 2.45) is 0 Å². The van der Waals surface area contributed by atoms with E-state index in [1.165, 1.54) is 12.5 Å². The molecule has 2 N–H and O–H groups in total. The van der Waals surface area contributed by atoms with Crippen molar-refractivity contribution in [3.63, 3.8) is 0 Å². The van der Waals surface area contributed by atoms with Gasteiger partial charge in [-0.3, -0.25) is 9.59 Å². The predicted molar refractivity (Wildman–Crippen MR) is 82.5 cm³/mol. The van der Waals surface area contributed by atoms with Crippen molar-refractivity contribution in [1.29, 1.82) is 0 Å². The molecule has 0 bridgehead atoms. The summed E-state index contributed by atoms with van der Waals surface area (Å²) in [6, 6.07) is 5.86. The fraction of sp³-hybridized carbons (Fsp3) is 0.500. The third kappa shape index (κ3) is 6.29.